The van der Waals surface area contributed by atoms with Gasteiger partial charge in [-0.05, 0) is 37.1 Å². The molecule has 8 heteroatoms. The van der Waals surface area contributed by atoms with E-state index in [1.807, 2.05) is 0 Å². The molecule has 1 aromatic heterocycles. The predicted molar refractivity (Wildman–Crippen MR) is 94.3 cm³/mol. The van der Waals surface area contributed by atoms with Gasteiger partial charge < -0.3 is 14.4 Å². The summed E-state index contributed by atoms with van der Waals surface area (Å²) in [7, 11) is 0. The van der Waals surface area contributed by atoms with Gasteiger partial charge >= 0.3 is 0 Å². The van der Waals surface area contributed by atoms with Crippen LogP contribution in [0.2, 0.25) is 0 Å². The van der Waals surface area contributed by atoms with E-state index in [-0.39, 0.29) is 30.0 Å². The summed E-state index contributed by atoms with van der Waals surface area (Å²) in [5.41, 5.74) is 0.629. The van der Waals surface area contributed by atoms with Gasteiger partial charge in [0.15, 0.2) is 5.82 Å². The Hall–Kier alpha value is -2.77. The van der Waals surface area contributed by atoms with E-state index in [4.69, 9.17) is 0 Å². The van der Waals surface area contributed by atoms with E-state index in [1.165, 1.54) is 25.0 Å². The first-order valence-electron chi connectivity index (χ1n) is 9.37. The van der Waals surface area contributed by atoms with Crippen molar-refractivity contribution in [2.45, 2.75) is 38.3 Å². The third-order valence-electron chi connectivity index (χ3n) is 5.65. The van der Waals surface area contributed by atoms with Gasteiger partial charge in [0.05, 0.1) is 12.5 Å². The number of benzene rings is 1. The molecule has 0 bridgehead atoms. The second kappa shape index (κ2) is 6.14. The zero-order chi connectivity index (χ0) is 18.5. The smallest absolute Gasteiger partial charge is 0.228 e. The molecule has 1 saturated heterocycles. The number of anilines is 1. The molecule has 2 aromatic rings. The van der Waals surface area contributed by atoms with Crippen molar-refractivity contribution < 1.29 is 14.0 Å². The van der Waals surface area contributed by atoms with E-state index in [0.29, 0.717) is 37.8 Å². The summed E-state index contributed by atoms with van der Waals surface area (Å²) in [6.45, 7) is 2.10. The van der Waals surface area contributed by atoms with Crippen molar-refractivity contribution in [2.75, 3.05) is 18.0 Å². The zero-order valence-electron chi connectivity index (χ0n) is 14.8. The van der Waals surface area contributed by atoms with Crippen LogP contribution in [0.3, 0.4) is 0 Å². The third-order valence-corrected chi connectivity index (χ3v) is 5.65. The molecule has 7 nitrogen and oxygen atoms in total. The number of hydrogen-bond acceptors (Lipinski definition) is 4. The molecule has 2 fully saturated rings. The van der Waals surface area contributed by atoms with Crippen molar-refractivity contribution in [1.29, 1.82) is 0 Å². The monoisotopic (exact) mass is 369 g/mol. The zero-order valence-corrected chi connectivity index (χ0v) is 14.8. The molecule has 1 atom stereocenters. The molecule has 2 aliphatic heterocycles. The highest BCUT2D eigenvalue weighted by atomic mass is 19.1. The molecule has 3 aliphatic rings. The minimum atomic E-state index is -0.375. The van der Waals surface area contributed by atoms with Crippen LogP contribution in [-0.4, -0.2) is 44.6 Å². The number of aromatic nitrogens is 3. The second-order valence-electron chi connectivity index (χ2n) is 7.54. The molecule has 1 aliphatic carbocycles. The summed E-state index contributed by atoms with van der Waals surface area (Å²) < 4.78 is 15.3. The highest BCUT2D eigenvalue weighted by molar-refractivity contribution is 6.00. The Kier molecular flexibility index (Phi) is 3.73. The Morgan fingerprint density at radius 3 is 2.63 bits per heavy atom. The van der Waals surface area contributed by atoms with Crippen LogP contribution in [0.5, 0.6) is 0 Å². The maximum atomic E-state index is 13.1. The first-order chi connectivity index (χ1) is 13.1. The van der Waals surface area contributed by atoms with Crippen LogP contribution in [0.4, 0.5) is 10.1 Å². The van der Waals surface area contributed by atoms with E-state index in [1.54, 1.807) is 21.9 Å². The maximum Gasteiger partial charge on any atom is 0.228 e. The lowest BCUT2D eigenvalue weighted by molar-refractivity contribution is -0.137. The van der Waals surface area contributed by atoms with Crippen molar-refractivity contribution >= 4 is 17.5 Å². The molecule has 1 saturated carbocycles. The Morgan fingerprint density at radius 1 is 1.11 bits per heavy atom. The lowest BCUT2D eigenvalue weighted by Gasteiger charge is -2.29. The summed E-state index contributed by atoms with van der Waals surface area (Å²) in [5, 5.41) is 8.57. The molecule has 3 heterocycles. The van der Waals surface area contributed by atoms with Gasteiger partial charge in [0.2, 0.25) is 11.8 Å². The van der Waals surface area contributed by atoms with Crippen LogP contribution in [0.25, 0.3) is 0 Å². The number of nitrogens with zero attached hydrogens (tertiary/aromatic N) is 5. The average molecular weight is 369 g/mol. The van der Waals surface area contributed by atoms with Crippen molar-refractivity contribution in [3.05, 3.63) is 41.7 Å². The van der Waals surface area contributed by atoms with E-state index < -0.39 is 0 Å². The lowest BCUT2D eigenvalue weighted by atomic mass is 10.1. The van der Waals surface area contributed by atoms with Gasteiger partial charge in [-0.3, -0.25) is 9.59 Å². The number of carbonyl (C=O) groups excluding carboxylic acids is 2. The molecular weight excluding hydrogens is 349 g/mol. The van der Waals surface area contributed by atoms with E-state index in [9.17, 15) is 14.0 Å². The Balaban J connectivity index is 1.28. The molecule has 5 rings (SSSR count). The molecule has 27 heavy (non-hydrogen) atoms. The van der Waals surface area contributed by atoms with Gasteiger partial charge in [0.1, 0.15) is 11.6 Å². The van der Waals surface area contributed by atoms with E-state index in [2.05, 4.69) is 14.8 Å². The molecule has 0 spiro atoms. The highest BCUT2D eigenvalue weighted by Gasteiger charge is 2.39. The predicted octanol–water partition coefficient (Wildman–Crippen LogP) is 1.69. The van der Waals surface area contributed by atoms with Gasteiger partial charge in [-0.25, -0.2) is 4.39 Å². The van der Waals surface area contributed by atoms with Crippen LogP contribution in [0, 0.1) is 11.7 Å². The van der Waals surface area contributed by atoms with Crippen molar-refractivity contribution in [2.24, 2.45) is 5.92 Å². The highest BCUT2D eigenvalue weighted by Crippen LogP contribution is 2.39. The quantitative estimate of drug-likeness (QED) is 0.826. The van der Waals surface area contributed by atoms with E-state index >= 15 is 0 Å². The van der Waals surface area contributed by atoms with Gasteiger partial charge in [-0.15, -0.1) is 10.2 Å². The largest absolute Gasteiger partial charge is 0.333 e. The van der Waals surface area contributed by atoms with Gasteiger partial charge in [-0.1, -0.05) is 0 Å². The van der Waals surface area contributed by atoms with E-state index in [0.717, 1.165) is 11.6 Å². The normalized spacial score (nSPS) is 22.3. The fraction of sp³-hybridized carbons (Fsp3) is 0.474. The number of amides is 2. The fourth-order valence-corrected chi connectivity index (χ4v) is 4.01. The number of fused-ring (bicyclic) bond motifs is 1. The van der Waals surface area contributed by atoms with Gasteiger partial charge in [0.25, 0.3) is 0 Å². The number of carbonyl (C=O) groups is 2. The molecule has 2 amide bonds. The average Bonchev–Trinajstić information content (AvgIpc) is 3.32. The fourth-order valence-electron chi connectivity index (χ4n) is 4.01. The molecule has 0 N–H and O–H groups in total. The van der Waals surface area contributed by atoms with Crippen molar-refractivity contribution in [3.8, 4) is 0 Å². The summed E-state index contributed by atoms with van der Waals surface area (Å²) in [5.74, 6) is 1.57. The van der Waals surface area contributed by atoms with Crippen LogP contribution in [-0.2, 0) is 22.7 Å². The van der Waals surface area contributed by atoms with Gasteiger partial charge in [0, 0.05) is 37.7 Å². The van der Waals surface area contributed by atoms with Crippen LogP contribution in [0.15, 0.2) is 24.3 Å². The number of rotatable bonds is 3. The minimum absolute atomic E-state index is 0.0183. The van der Waals surface area contributed by atoms with Crippen LogP contribution < -0.4 is 4.90 Å². The Labute approximate surface area is 155 Å². The topological polar surface area (TPSA) is 71.3 Å². The Morgan fingerprint density at radius 2 is 1.89 bits per heavy atom. The molecule has 140 valence electrons. The summed E-state index contributed by atoms with van der Waals surface area (Å²) >= 11 is 0. The minimum Gasteiger partial charge on any atom is -0.333 e. The first-order valence-corrected chi connectivity index (χ1v) is 9.37. The third kappa shape index (κ3) is 2.89. The SMILES string of the molecule is O=C([C@@H]1CC(=O)N(c2ccc(F)cc2)C1)N1CCn2c(nnc2C2CC2)C1. The molecule has 0 unspecified atom stereocenters. The standard InChI is InChI=1S/C19H20FN5O2/c20-14-3-5-15(6-4-14)25-10-13(9-17(25)26)19(27)23-7-8-24-16(11-23)21-22-18(24)12-1-2-12/h3-6,12-13H,1-2,7-11H2/t13-/m1/s1. The van der Waals surface area contributed by atoms with Crippen LogP contribution in [0.1, 0.15) is 36.8 Å². The maximum absolute atomic E-state index is 13.1. The number of hydrogen-bond donors (Lipinski definition) is 0. The summed E-state index contributed by atoms with van der Waals surface area (Å²) in [6, 6.07) is 5.80. The van der Waals surface area contributed by atoms with Crippen LogP contribution >= 0.6 is 0 Å². The van der Waals surface area contributed by atoms with Gasteiger partial charge in [-0.2, -0.15) is 0 Å². The first kappa shape index (κ1) is 16.4. The summed E-state index contributed by atoms with van der Waals surface area (Å²) in [6.07, 6.45) is 2.53. The lowest BCUT2D eigenvalue weighted by Crippen LogP contribution is -2.42. The van der Waals surface area contributed by atoms with Crippen molar-refractivity contribution in [3.63, 3.8) is 0 Å². The number of halogens is 1. The molecule has 1 aromatic carbocycles. The molecular formula is C19H20FN5O2. The summed E-state index contributed by atoms with van der Waals surface area (Å²) in [4.78, 5) is 28.7. The second-order valence-corrected chi connectivity index (χ2v) is 7.54. The molecule has 0 radical (unpaired) electrons. The van der Waals surface area contributed by atoms with Crippen molar-refractivity contribution in [1.82, 2.24) is 19.7 Å². The Bertz CT molecular complexity index is 905.